The van der Waals surface area contributed by atoms with Gasteiger partial charge in [-0.2, -0.15) is 0 Å². The van der Waals surface area contributed by atoms with Crippen molar-refractivity contribution in [3.8, 4) is 0 Å². The molecule has 0 aromatic carbocycles. The van der Waals surface area contributed by atoms with E-state index in [9.17, 15) is 9.59 Å². The summed E-state index contributed by atoms with van der Waals surface area (Å²) in [5, 5.41) is 1.14. The van der Waals surface area contributed by atoms with Crippen molar-refractivity contribution < 1.29 is 19.2 Å². The van der Waals surface area contributed by atoms with E-state index >= 15 is 0 Å². The summed E-state index contributed by atoms with van der Waals surface area (Å²) in [6.07, 6.45) is 0.659. The second-order valence-corrected chi connectivity index (χ2v) is 4.91. The molecule has 1 atom stereocenters. The minimum Gasteiger partial charge on any atom is -0.460 e. The van der Waals surface area contributed by atoms with E-state index in [1.807, 2.05) is 6.92 Å². The van der Waals surface area contributed by atoms with Gasteiger partial charge in [-0.05, 0) is 27.2 Å². The van der Waals surface area contributed by atoms with E-state index in [1.54, 1.807) is 20.8 Å². The van der Waals surface area contributed by atoms with Crippen LogP contribution in [-0.4, -0.2) is 36.7 Å². The average Bonchev–Trinajstić information content (AvgIpc) is 2.21. The largest absolute Gasteiger partial charge is 0.460 e. The van der Waals surface area contributed by atoms with Crippen molar-refractivity contribution >= 4 is 11.9 Å². The number of hydrogen-bond acceptors (Lipinski definition) is 4. The van der Waals surface area contributed by atoms with Gasteiger partial charge < -0.3 is 4.74 Å². The first-order chi connectivity index (χ1) is 7.71. The zero-order valence-electron chi connectivity index (χ0n) is 11.6. The fourth-order valence-corrected chi connectivity index (χ4v) is 1.34. The third-order valence-electron chi connectivity index (χ3n) is 2.26. The first-order valence-corrected chi connectivity index (χ1v) is 5.74. The molecule has 1 amide bonds. The maximum absolute atomic E-state index is 11.8. The maximum Gasteiger partial charge on any atom is 0.307 e. The lowest BCUT2D eigenvalue weighted by molar-refractivity contribution is -0.176. The Morgan fingerprint density at radius 1 is 1.29 bits per heavy atom. The molecule has 0 fully saturated rings. The zero-order valence-corrected chi connectivity index (χ0v) is 11.6. The third kappa shape index (κ3) is 6.26. The Labute approximate surface area is 103 Å². The molecule has 5 nitrogen and oxygen atoms in total. The quantitative estimate of drug-likeness (QED) is 0.547. The van der Waals surface area contributed by atoms with Crippen molar-refractivity contribution in [2.24, 2.45) is 5.92 Å². The summed E-state index contributed by atoms with van der Waals surface area (Å²) in [6.45, 7) is 7.26. The van der Waals surface area contributed by atoms with Crippen LogP contribution in [0.1, 0.15) is 40.5 Å². The first kappa shape index (κ1) is 15.9. The molecule has 17 heavy (non-hydrogen) atoms. The summed E-state index contributed by atoms with van der Waals surface area (Å²) in [6, 6.07) is 0. The fourth-order valence-electron chi connectivity index (χ4n) is 1.34. The van der Waals surface area contributed by atoms with Crippen LogP contribution in [0.5, 0.6) is 0 Å². The van der Waals surface area contributed by atoms with Gasteiger partial charge in [0.15, 0.2) is 0 Å². The van der Waals surface area contributed by atoms with Crippen LogP contribution in [0.25, 0.3) is 0 Å². The number of ether oxygens (including phenoxy) is 1. The molecular formula is C12H23NO4. The molecule has 0 aliphatic carbocycles. The van der Waals surface area contributed by atoms with Gasteiger partial charge in [0.25, 0.3) is 0 Å². The van der Waals surface area contributed by atoms with Crippen molar-refractivity contribution in [2.45, 2.75) is 46.1 Å². The number of rotatable bonds is 5. The summed E-state index contributed by atoms with van der Waals surface area (Å²) in [4.78, 5) is 28.2. The number of carbonyl (C=O) groups excluding carboxylic acids is 2. The van der Waals surface area contributed by atoms with Gasteiger partial charge in [-0.3, -0.25) is 14.4 Å². The van der Waals surface area contributed by atoms with Crippen LogP contribution >= 0.6 is 0 Å². The maximum atomic E-state index is 11.8. The number of nitrogens with zero attached hydrogens (tertiary/aromatic N) is 1. The highest BCUT2D eigenvalue weighted by molar-refractivity contribution is 5.83. The minimum absolute atomic E-state index is 0.0836. The second kappa shape index (κ2) is 6.59. The lowest BCUT2D eigenvalue weighted by Crippen LogP contribution is -2.34. The average molecular weight is 245 g/mol. The highest BCUT2D eigenvalue weighted by Gasteiger charge is 2.26. The van der Waals surface area contributed by atoms with E-state index < -0.39 is 11.5 Å². The predicted octanol–water partition coefficient (Wildman–Crippen LogP) is 1.76. The third-order valence-corrected chi connectivity index (χ3v) is 2.26. The van der Waals surface area contributed by atoms with Gasteiger partial charge in [0.2, 0.25) is 5.91 Å². The summed E-state index contributed by atoms with van der Waals surface area (Å²) in [7, 11) is 2.94. The Hall–Kier alpha value is -1.10. The molecule has 0 aromatic heterocycles. The van der Waals surface area contributed by atoms with E-state index in [2.05, 4.69) is 0 Å². The molecule has 0 saturated heterocycles. The van der Waals surface area contributed by atoms with Crippen molar-refractivity contribution in [2.75, 3.05) is 14.2 Å². The molecule has 0 N–H and O–H groups in total. The molecule has 0 saturated carbocycles. The molecule has 0 spiro atoms. The van der Waals surface area contributed by atoms with Crippen LogP contribution in [0.2, 0.25) is 0 Å². The Morgan fingerprint density at radius 3 is 2.18 bits per heavy atom. The van der Waals surface area contributed by atoms with Gasteiger partial charge >= 0.3 is 5.97 Å². The van der Waals surface area contributed by atoms with Gasteiger partial charge in [-0.1, -0.05) is 6.92 Å². The Balaban J connectivity index is 4.41. The van der Waals surface area contributed by atoms with Crippen LogP contribution in [0.15, 0.2) is 0 Å². The summed E-state index contributed by atoms with van der Waals surface area (Å²) >= 11 is 0. The lowest BCUT2D eigenvalue weighted by atomic mass is 10.0. The summed E-state index contributed by atoms with van der Waals surface area (Å²) in [5.41, 5.74) is -0.522. The summed E-state index contributed by atoms with van der Waals surface area (Å²) in [5.74, 6) is -0.960. The van der Waals surface area contributed by atoms with Gasteiger partial charge in [-0.25, -0.2) is 5.06 Å². The van der Waals surface area contributed by atoms with E-state index in [0.717, 1.165) is 5.06 Å². The molecule has 0 aliphatic rings. The van der Waals surface area contributed by atoms with Gasteiger partial charge in [0.05, 0.1) is 19.4 Å². The molecule has 5 heteroatoms. The normalized spacial score (nSPS) is 13.1. The number of esters is 1. The van der Waals surface area contributed by atoms with E-state index in [1.165, 1.54) is 14.2 Å². The Kier molecular flexibility index (Phi) is 6.16. The highest BCUT2D eigenvalue weighted by atomic mass is 16.7. The Morgan fingerprint density at radius 2 is 1.82 bits per heavy atom. The minimum atomic E-state index is -0.522. The van der Waals surface area contributed by atoms with Crippen LogP contribution in [0.4, 0.5) is 0 Å². The summed E-state index contributed by atoms with van der Waals surface area (Å²) < 4.78 is 5.18. The zero-order chi connectivity index (χ0) is 13.6. The highest BCUT2D eigenvalue weighted by Crippen LogP contribution is 2.16. The van der Waals surface area contributed by atoms with Crippen LogP contribution in [0, 0.1) is 5.92 Å². The number of hydroxylamine groups is 2. The van der Waals surface area contributed by atoms with E-state index in [4.69, 9.17) is 9.57 Å². The molecule has 0 aromatic rings. The van der Waals surface area contributed by atoms with Gasteiger partial charge in [-0.15, -0.1) is 0 Å². The first-order valence-electron chi connectivity index (χ1n) is 5.74. The molecule has 0 bridgehead atoms. The molecule has 0 radical (unpaired) electrons. The van der Waals surface area contributed by atoms with E-state index in [-0.39, 0.29) is 18.3 Å². The lowest BCUT2D eigenvalue weighted by Gasteiger charge is -2.23. The fraction of sp³-hybridized carbons (Fsp3) is 0.833. The van der Waals surface area contributed by atoms with E-state index in [0.29, 0.717) is 6.42 Å². The number of hydrogen-bond donors (Lipinski definition) is 0. The standard InChI is InChI=1S/C12H23NO4/c1-7-9(11(15)13(5)16-6)8-10(14)17-12(2,3)4/h9H,7-8H2,1-6H3/t9-/m1/s1. The van der Waals surface area contributed by atoms with Crippen molar-refractivity contribution in [3.05, 3.63) is 0 Å². The molecular weight excluding hydrogens is 222 g/mol. The smallest absolute Gasteiger partial charge is 0.307 e. The number of carbonyl (C=O) groups is 2. The van der Waals surface area contributed by atoms with Gasteiger partial charge in [0.1, 0.15) is 5.60 Å². The van der Waals surface area contributed by atoms with Gasteiger partial charge in [0, 0.05) is 7.05 Å². The Bertz CT molecular complexity index is 270. The molecule has 0 unspecified atom stereocenters. The van der Waals surface area contributed by atoms with Crippen LogP contribution in [-0.2, 0) is 19.2 Å². The van der Waals surface area contributed by atoms with Crippen LogP contribution < -0.4 is 0 Å². The molecule has 0 heterocycles. The van der Waals surface area contributed by atoms with Crippen LogP contribution in [0.3, 0.4) is 0 Å². The molecule has 0 rings (SSSR count). The number of amides is 1. The predicted molar refractivity (Wildman–Crippen MR) is 64.0 cm³/mol. The monoisotopic (exact) mass is 245 g/mol. The molecule has 0 aliphatic heterocycles. The van der Waals surface area contributed by atoms with Crippen molar-refractivity contribution in [3.63, 3.8) is 0 Å². The SMILES string of the molecule is CC[C@H](CC(=O)OC(C)(C)C)C(=O)N(C)OC. The second-order valence-electron chi connectivity index (χ2n) is 4.91. The topological polar surface area (TPSA) is 55.8 Å². The van der Waals surface area contributed by atoms with Crippen molar-refractivity contribution in [1.82, 2.24) is 5.06 Å². The molecule has 100 valence electrons. The van der Waals surface area contributed by atoms with Crippen molar-refractivity contribution in [1.29, 1.82) is 0 Å².